The molecule has 0 radical (unpaired) electrons. The third-order valence-corrected chi connectivity index (χ3v) is 6.26. The van der Waals surface area contributed by atoms with Crippen molar-refractivity contribution in [3.05, 3.63) is 54.1 Å². The standard InChI is InChI=1S/C25H36O4S.Na/c1-2-3-4-5-6-7-8-9-10-11-13-16-22-19-20-24(21-25(22)30(26,27)28)29-23-17-14-12-15-18-23;/h12,14-15,17-21H,2-11,13,16H2,1H3,(H,26,27,28);/q;+1/p-1. The van der Waals surface area contributed by atoms with Crippen molar-refractivity contribution < 1.29 is 47.3 Å². The molecule has 0 aliphatic carbocycles. The number of benzene rings is 2. The van der Waals surface area contributed by atoms with Crippen LogP contribution in [0.5, 0.6) is 11.5 Å². The van der Waals surface area contributed by atoms with Gasteiger partial charge in [-0.25, -0.2) is 8.42 Å². The van der Waals surface area contributed by atoms with Crippen molar-refractivity contribution in [3.63, 3.8) is 0 Å². The van der Waals surface area contributed by atoms with E-state index in [0.717, 1.165) is 19.3 Å². The van der Waals surface area contributed by atoms with E-state index in [1.165, 1.54) is 57.4 Å². The molecular weight excluding hydrogens is 419 g/mol. The van der Waals surface area contributed by atoms with Crippen LogP contribution in [0.15, 0.2) is 53.4 Å². The molecule has 0 fully saturated rings. The van der Waals surface area contributed by atoms with Crippen LogP contribution in [0.25, 0.3) is 0 Å². The van der Waals surface area contributed by atoms with E-state index in [9.17, 15) is 13.0 Å². The summed E-state index contributed by atoms with van der Waals surface area (Å²) in [6.07, 6.45) is 14.2. The number of hydrogen-bond acceptors (Lipinski definition) is 4. The summed E-state index contributed by atoms with van der Waals surface area (Å²) in [5.41, 5.74) is 0.585. The number of para-hydroxylation sites is 1. The zero-order chi connectivity index (χ0) is 21.7. The zero-order valence-corrected chi connectivity index (χ0v) is 22.0. The van der Waals surface area contributed by atoms with Crippen molar-refractivity contribution in [2.24, 2.45) is 0 Å². The molecule has 0 saturated carbocycles. The summed E-state index contributed by atoms with van der Waals surface area (Å²) >= 11 is 0. The Kier molecular flexibility index (Phi) is 14.4. The first-order valence-electron chi connectivity index (χ1n) is 11.3. The maximum atomic E-state index is 11.7. The normalized spacial score (nSPS) is 11.2. The van der Waals surface area contributed by atoms with E-state index in [4.69, 9.17) is 4.74 Å². The summed E-state index contributed by atoms with van der Waals surface area (Å²) in [4.78, 5) is -0.164. The zero-order valence-electron chi connectivity index (χ0n) is 19.1. The van der Waals surface area contributed by atoms with Crippen LogP contribution in [0, 0.1) is 0 Å². The van der Waals surface area contributed by atoms with Crippen LogP contribution >= 0.6 is 0 Å². The number of aryl methyl sites for hydroxylation is 1. The summed E-state index contributed by atoms with van der Waals surface area (Å²) in [6.45, 7) is 2.24. The molecule has 0 aliphatic heterocycles. The van der Waals surface area contributed by atoms with E-state index in [1.807, 2.05) is 18.2 Å². The minimum absolute atomic E-state index is 0. The van der Waals surface area contributed by atoms with Gasteiger partial charge in [-0.3, -0.25) is 0 Å². The molecule has 0 heterocycles. The average molecular weight is 455 g/mol. The molecule has 0 aromatic heterocycles. The molecule has 0 atom stereocenters. The second-order valence-electron chi connectivity index (χ2n) is 7.92. The van der Waals surface area contributed by atoms with Gasteiger partial charge in [0.2, 0.25) is 0 Å². The van der Waals surface area contributed by atoms with E-state index in [0.29, 0.717) is 23.5 Å². The first-order valence-corrected chi connectivity index (χ1v) is 12.7. The van der Waals surface area contributed by atoms with Gasteiger partial charge in [0.25, 0.3) is 0 Å². The smallest absolute Gasteiger partial charge is 0.744 e. The van der Waals surface area contributed by atoms with Crippen LogP contribution in [0.3, 0.4) is 0 Å². The fourth-order valence-electron chi connectivity index (χ4n) is 3.64. The fourth-order valence-corrected chi connectivity index (χ4v) is 4.39. The first kappa shape index (κ1) is 28.2. The predicted molar refractivity (Wildman–Crippen MR) is 121 cm³/mol. The van der Waals surface area contributed by atoms with Crippen molar-refractivity contribution in [2.75, 3.05) is 0 Å². The Morgan fingerprint density at radius 1 is 0.742 bits per heavy atom. The second kappa shape index (κ2) is 15.9. The number of rotatable bonds is 15. The van der Waals surface area contributed by atoms with Crippen LogP contribution in [0.2, 0.25) is 0 Å². The largest absolute Gasteiger partial charge is 1.00 e. The van der Waals surface area contributed by atoms with E-state index in [1.54, 1.807) is 24.3 Å². The van der Waals surface area contributed by atoms with Gasteiger partial charge < -0.3 is 9.29 Å². The van der Waals surface area contributed by atoms with Crippen LogP contribution in [0.4, 0.5) is 0 Å². The van der Waals surface area contributed by atoms with Gasteiger partial charge in [0, 0.05) is 0 Å². The number of unbranched alkanes of at least 4 members (excludes halogenated alkanes) is 10. The minimum Gasteiger partial charge on any atom is -0.744 e. The quantitative estimate of drug-likeness (QED) is 0.229. The number of ether oxygens (including phenoxy) is 1. The SMILES string of the molecule is CCCCCCCCCCCCCc1ccc(Oc2ccccc2)cc1S(=O)(=O)[O-].[Na+]. The molecule has 4 nitrogen and oxygen atoms in total. The van der Waals surface area contributed by atoms with Crippen LogP contribution in [-0.2, 0) is 16.5 Å². The molecule has 6 heteroatoms. The van der Waals surface area contributed by atoms with Gasteiger partial charge in [0.15, 0.2) is 0 Å². The van der Waals surface area contributed by atoms with Gasteiger partial charge in [-0.2, -0.15) is 0 Å². The third kappa shape index (κ3) is 11.5. The van der Waals surface area contributed by atoms with Gasteiger partial charge in [-0.1, -0.05) is 95.4 Å². The van der Waals surface area contributed by atoms with Crippen LogP contribution in [0.1, 0.15) is 83.1 Å². The summed E-state index contributed by atoms with van der Waals surface area (Å²) in [7, 11) is -4.54. The minimum atomic E-state index is -4.54. The third-order valence-electron chi connectivity index (χ3n) is 5.34. The summed E-state index contributed by atoms with van der Waals surface area (Å²) in [6, 6.07) is 13.9. The van der Waals surface area contributed by atoms with E-state index in [2.05, 4.69) is 6.92 Å². The molecule has 0 unspecified atom stereocenters. The Morgan fingerprint density at radius 3 is 1.84 bits per heavy atom. The van der Waals surface area contributed by atoms with E-state index in [-0.39, 0.29) is 34.5 Å². The van der Waals surface area contributed by atoms with Gasteiger partial charge >= 0.3 is 29.6 Å². The second-order valence-corrected chi connectivity index (χ2v) is 9.27. The molecule has 0 saturated heterocycles. The Bertz CT molecular complexity index is 838. The molecule has 2 aromatic rings. The van der Waals surface area contributed by atoms with Crippen molar-refractivity contribution in [1.29, 1.82) is 0 Å². The van der Waals surface area contributed by atoms with Crippen molar-refractivity contribution in [1.82, 2.24) is 0 Å². The van der Waals surface area contributed by atoms with E-state index < -0.39 is 10.1 Å². The Hall–Kier alpha value is -0.850. The van der Waals surface area contributed by atoms with Crippen molar-refractivity contribution in [3.8, 4) is 11.5 Å². The molecular formula is C25H35NaO4S. The predicted octanol–water partition coefficient (Wildman–Crippen LogP) is 4.24. The molecule has 2 aromatic carbocycles. The topological polar surface area (TPSA) is 66.4 Å². The Balaban J connectivity index is 0.00000480. The maximum Gasteiger partial charge on any atom is 1.00 e. The molecule has 0 N–H and O–H groups in total. The van der Waals surface area contributed by atoms with Gasteiger partial charge in [0.1, 0.15) is 21.6 Å². The van der Waals surface area contributed by atoms with Gasteiger partial charge in [-0.15, -0.1) is 0 Å². The Labute approximate surface area is 210 Å². The van der Waals surface area contributed by atoms with Gasteiger partial charge in [-0.05, 0) is 42.7 Å². The summed E-state index contributed by atoms with van der Waals surface area (Å²) in [5.74, 6) is 0.961. The molecule has 0 bridgehead atoms. The molecule has 0 aliphatic rings. The van der Waals surface area contributed by atoms with Crippen molar-refractivity contribution >= 4 is 10.1 Å². The summed E-state index contributed by atoms with van der Waals surface area (Å²) in [5, 5.41) is 0. The molecule has 0 spiro atoms. The Morgan fingerprint density at radius 2 is 1.29 bits per heavy atom. The maximum absolute atomic E-state index is 11.7. The first-order chi connectivity index (χ1) is 14.5. The number of hydrogen-bond donors (Lipinski definition) is 0. The molecule has 31 heavy (non-hydrogen) atoms. The van der Waals surface area contributed by atoms with Crippen LogP contribution in [-0.4, -0.2) is 13.0 Å². The van der Waals surface area contributed by atoms with Gasteiger partial charge in [0.05, 0.1) is 4.90 Å². The molecule has 0 amide bonds. The van der Waals surface area contributed by atoms with E-state index >= 15 is 0 Å². The molecule has 166 valence electrons. The molecule has 2 rings (SSSR count). The monoisotopic (exact) mass is 454 g/mol. The fraction of sp³-hybridized carbons (Fsp3) is 0.520. The van der Waals surface area contributed by atoms with Crippen molar-refractivity contribution in [2.45, 2.75) is 88.9 Å². The van der Waals surface area contributed by atoms with Crippen LogP contribution < -0.4 is 34.3 Å². The average Bonchev–Trinajstić information content (AvgIpc) is 2.73. The summed E-state index contributed by atoms with van der Waals surface area (Å²) < 4.78 is 40.9.